The van der Waals surface area contributed by atoms with Crippen molar-refractivity contribution in [2.75, 3.05) is 11.5 Å². The first-order chi connectivity index (χ1) is 8.66. The van der Waals surface area contributed by atoms with Crippen LogP contribution in [0.3, 0.4) is 0 Å². The summed E-state index contributed by atoms with van der Waals surface area (Å²) in [5.41, 5.74) is 0.621. The summed E-state index contributed by atoms with van der Waals surface area (Å²) in [7, 11) is 0. The summed E-state index contributed by atoms with van der Waals surface area (Å²) in [5.74, 6) is 1.08. The summed E-state index contributed by atoms with van der Waals surface area (Å²) in [6, 6.07) is 8.93. The molecule has 2 atom stereocenters. The minimum atomic E-state index is -0.304. The Balaban J connectivity index is 1.96. The van der Waals surface area contributed by atoms with E-state index in [9.17, 15) is 9.59 Å². The lowest BCUT2D eigenvalue weighted by Gasteiger charge is -2.19. The van der Waals surface area contributed by atoms with E-state index in [1.807, 2.05) is 18.2 Å². The predicted octanol–water partition coefficient (Wildman–Crippen LogP) is 1.46. The molecule has 1 heterocycles. The van der Waals surface area contributed by atoms with Gasteiger partial charge in [0.1, 0.15) is 6.10 Å². The third kappa shape index (κ3) is 3.26. The predicted molar refractivity (Wildman–Crippen MR) is 70.6 cm³/mol. The first-order valence-electron chi connectivity index (χ1n) is 5.77. The van der Waals surface area contributed by atoms with Gasteiger partial charge in [-0.1, -0.05) is 18.2 Å². The van der Waals surface area contributed by atoms with Crippen molar-refractivity contribution in [2.45, 2.75) is 19.1 Å². The number of carbonyl (C=O) groups excluding carboxylic acids is 2. The van der Waals surface area contributed by atoms with Gasteiger partial charge in [-0.05, 0) is 12.1 Å². The topological polar surface area (TPSA) is 55.4 Å². The lowest BCUT2D eigenvalue weighted by atomic mass is 10.1. The molecule has 0 aromatic heterocycles. The van der Waals surface area contributed by atoms with Crippen LogP contribution in [0.5, 0.6) is 0 Å². The molecule has 1 aromatic rings. The van der Waals surface area contributed by atoms with Crippen molar-refractivity contribution >= 4 is 23.6 Å². The Labute approximate surface area is 110 Å². The minimum Gasteiger partial charge on any atom is -0.459 e. The largest absolute Gasteiger partial charge is 0.459 e. The molecule has 1 saturated heterocycles. The number of rotatable bonds is 3. The summed E-state index contributed by atoms with van der Waals surface area (Å²) in [5, 5.41) is 2.91. The van der Waals surface area contributed by atoms with Crippen LogP contribution in [0, 0.1) is 0 Å². The molecule has 0 spiro atoms. The smallest absolute Gasteiger partial charge is 0.303 e. The van der Waals surface area contributed by atoms with Crippen LogP contribution in [0.1, 0.15) is 17.3 Å². The van der Waals surface area contributed by atoms with Gasteiger partial charge in [-0.3, -0.25) is 9.59 Å². The Hall–Kier alpha value is -1.49. The molecule has 0 radical (unpaired) electrons. The monoisotopic (exact) mass is 265 g/mol. The van der Waals surface area contributed by atoms with E-state index in [-0.39, 0.29) is 24.0 Å². The quantitative estimate of drug-likeness (QED) is 0.841. The Morgan fingerprint density at radius 3 is 2.67 bits per heavy atom. The fraction of sp³-hybridized carbons (Fsp3) is 0.385. The average Bonchev–Trinajstić information content (AvgIpc) is 2.77. The first-order valence-corrected chi connectivity index (χ1v) is 6.93. The Morgan fingerprint density at radius 1 is 1.28 bits per heavy atom. The van der Waals surface area contributed by atoms with Crippen LogP contribution in [-0.2, 0) is 9.53 Å². The molecule has 1 N–H and O–H groups in total. The van der Waals surface area contributed by atoms with Crippen molar-refractivity contribution in [1.82, 2.24) is 5.32 Å². The molecular weight excluding hydrogens is 250 g/mol. The van der Waals surface area contributed by atoms with Gasteiger partial charge in [-0.2, -0.15) is 11.8 Å². The molecule has 1 aliphatic heterocycles. The molecule has 1 aromatic carbocycles. The number of hydrogen-bond acceptors (Lipinski definition) is 4. The maximum atomic E-state index is 12.0. The van der Waals surface area contributed by atoms with Crippen molar-refractivity contribution in [3.05, 3.63) is 35.9 Å². The number of hydrogen-bond donors (Lipinski definition) is 1. The molecule has 96 valence electrons. The van der Waals surface area contributed by atoms with Gasteiger partial charge in [-0.15, -0.1) is 0 Å². The number of benzene rings is 1. The number of carbonyl (C=O) groups is 2. The number of nitrogens with one attached hydrogen (secondary N) is 1. The highest BCUT2D eigenvalue weighted by Crippen LogP contribution is 2.21. The van der Waals surface area contributed by atoms with Crippen LogP contribution in [0.2, 0.25) is 0 Å². The Morgan fingerprint density at radius 2 is 2.00 bits per heavy atom. The van der Waals surface area contributed by atoms with Gasteiger partial charge < -0.3 is 10.1 Å². The van der Waals surface area contributed by atoms with Gasteiger partial charge in [0.05, 0.1) is 6.04 Å². The average molecular weight is 265 g/mol. The number of ether oxygens (including phenoxy) is 1. The zero-order valence-electron chi connectivity index (χ0n) is 10.1. The summed E-state index contributed by atoms with van der Waals surface area (Å²) < 4.78 is 5.19. The molecule has 4 nitrogen and oxygen atoms in total. The van der Waals surface area contributed by atoms with E-state index >= 15 is 0 Å². The molecule has 5 heteroatoms. The zero-order valence-corrected chi connectivity index (χ0v) is 10.9. The van der Waals surface area contributed by atoms with Gasteiger partial charge in [0.25, 0.3) is 5.91 Å². The summed E-state index contributed by atoms with van der Waals surface area (Å²) >= 11 is 1.68. The van der Waals surface area contributed by atoms with Crippen LogP contribution >= 0.6 is 11.8 Å². The van der Waals surface area contributed by atoms with E-state index in [1.165, 1.54) is 6.92 Å². The van der Waals surface area contributed by atoms with Gasteiger partial charge in [0.2, 0.25) is 0 Å². The Bertz CT molecular complexity index is 435. The highest BCUT2D eigenvalue weighted by Gasteiger charge is 2.31. The Kier molecular flexibility index (Phi) is 4.25. The van der Waals surface area contributed by atoms with Crippen molar-refractivity contribution in [3.63, 3.8) is 0 Å². The van der Waals surface area contributed by atoms with Crippen LogP contribution in [-0.4, -0.2) is 35.5 Å². The molecular formula is C13H15NO3S. The maximum Gasteiger partial charge on any atom is 0.303 e. The number of esters is 1. The van der Waals surface area contributed by atoms with Crippen LogP contribution in [0.15, 0.2) is 30.3 Å². The third-order valence-electron chi connectivity index (χ3n) is 2.70. The standard InChI is InChI=1S/C13H15NO3S/c1-9(15)17-12-8-18-7-11(12)14-13(16)10-5-3-2-4-6-10/h2-6,11-12H,7-8H2,1H3,(H,14,16)/t11-,12-/m1/s1. The molecule has 1 aliphatic rings. The zero-order chi connectivity index (χ0) is 13.0. The summed E-state index contributed by atoms with van der Waals surface area (Å²) in [4.78, 5) is 22.9. The van der Waals surface area contributed by atoms with Crippen molar-refractivity contribution < 1.29 is 14.3 Å². The van der Waals surface area contributed by atoms with E-state index in [0.29, 0.717) is 5.56 Å². The third-order valence-corrected chi connectivity index (χ3v) is 3.86. The van der Waals surface area contributed by atoms with Gasteiger partial charge >= 0.3 is 5.97 Å². The van der Waals surface area contributed by atoms with Gasteiger partial charge in [0, 0.05) is 24.0 Å². The fourth-order valence-corrected chi connectivity index (χ4v) is 3.06. The minimum absolute atomic E-state index is 0.105. The maximum absolute atomic E-state index is 12.0. The molecule has 0 bridgehead atoms. The second kappa shape index (κ2) is 5.91. The fourth-order valence-electron chi connectivity index (χ4n) is 1.84. The van der Waals surface area contributed by atoms with Crippen molar-refractivity contribution in [3.8, 4) is 0 Å². The number of amides is 1. The van der Waals surface area contributed by atoms with E-state index < -0.39 is 0 Å². The second-order valence-corrected chi connectivity index (χ2v) is 5.21. The van der Waals surface area contributed by atoms with E-state index in [2.05, 4.69) is 5.32 Å². The molecule has 0 aliphatic carbocycles. The van der Waals surface area contributed by atoms with Crippen LogP contribution in [0.25, 0.3) is 0 Å². The van der Waals surface area contributed by atoms with E-state index in [0.717, 1.165) is 11.5 Å². The lowest BCUT2D eigenvalue weighted by Crippen LogP contribution is -2.44. The van der Waals surface area contributed by atoms with Crippen LogP contribution < -0.4 is 5.32 Å². The van der Waals surface area contributed by atoms with Crippen LogP contribution in [0.4, 0.5) is 0 Å². The molecule has 0 unspecified atom stereocenters. The van der Waals surface area contributed by atoms with Crippen molar-refractivity contribution in [1.29, 1.82) is 0 Å². The second-order valence-electron chi connectivity index (χ2n) is 4.13. The number of thioether (sulfide) groups is 1. The van der Waals surface area contributed by atoms with Crippen molar-refractivity contribution in [2.24, 2.45) is 0 Å². The summed E-state index contributed by atoms with van der Waals surface area (Å²) in [6.07, 6.45) is -0.222. The SMILES string of the molecule is CC(=O)O[C@@H]1CSC[C@H]1NC(=O)c1ccccc1. The molecule has 1 fully saturated rings. The van der Waals surface area contributed by atoms with E-state index in [1.54, 1.807) is 23.9 Å². The lowest BCUT2D eigenvalue weighted by molar-refractivity contribution is -0.145. The molecule has 18 heavy (non-hydrogen) atoms. The summed E-state index contributed by atoms with van der Waals surface area (Å²) in [6.45, 7) is 1.39. The van der Waals surface area contributed by atoms with Gasteiger partial charge in [0.15, 0.2) is 0 Å². The first kappa shape index (κ1) is 13.0. The molecule has 2 rings (SSSR count). The highest BCUT2D eigenvalue weighted by molar-refractivity contribution is 7.99. The molecule has 0 saturated carbocycles. The highest BCUT2D eigenvalue weighted by atomic mass is 32.2. The molecule has 1 amide bonds. The normalized spacial score (nSPS) is 22.5. The van der Waals surface area contributed by atoms with Gasteiger partial charge in [-0.25, -0.2) is 0 Å². The van der Waals surface area contributed by atoms with E-state index in [4.69, 9.17) is 4.74 Å².